The third-order valence-electron chi connectivity index (χ3n) is 9.92. The number of hydrogen-bond donors (Lipinski definition) is 2. The molecule has 9 rings (SSSR count). The zero-order chi connectivity index (χ0) is 37.7. The second kappa shape index (κ2) is 15.4. The maximum absolute atomic E-state index is 9.94. The Morgan fingerprint density at radius 2 is 0.804 bits per heavy atom. The molecule has 0 spiro atoms. The van der Waals surface area contributed by atoms with Crippen molar-refractivity contribution in [3.05, 3.63) is 210 Å². The molecule has 0 saturated carbocycles. The summed E-state index contributed by atoms with van der Waals surface area (Å²) in [6.07, 6.45) is -0.591. The van der Waals surface area contributed by atoms with Crippen LogP contribution in [0.4, 0.5) is 0 Å². The van der Waals surface area contributed by atoms with E-state index in [1.807, 2.05) is 103 Å². The number of aromatic nitrogens is 3. The molecule has 1 aromatic heterocycles. The lowest BCUT2D eigenvalue weighted by atomic mass is 9.99. The van der Waals surface area contributed by atoms with E-state index in [1.165, 1.54) is 0 Å². The summed E-state index contributed by atoms with van der Waals surface area (Å²) >= 11 is 0. The maximum atomic E-state index is 9.94. The van der Waals surface area contributed by atoms with Crippen molar-refractivity contribution in [2.75, 3.05) is 0 Å². The van der Waals surface area contributed by atoms with E-state index in [2.05, 4.69) is 102 Å². The molecule has 2 heterocycles. The van der Waals surface area contributed by atoms with Gasteiger partial charge in [-0.15, -0.1) is 0 Å². The number of amidine groups is 1. The molecular weight excluding hydrogens is 687 g/mol. The van der Waals surface area contributed by atoms with Gasteiger partial charge in [-0.2, -0.15) is 5.26 Å². The summed E-state index contributed by atoms with van der Waals surface area (Å²) < 4.78 is 0. The van der Waals surface area contributed by atoms with Crippen LogP contribution in [-0.2, 0) is 0 Å². The molecule has 7 aromatic carbocycles. The predicted molar refractivity (Wildman–Crippen MR) is 223 cm³/mol. The highest BCUT2D eigenvalue weighted by atomic mass is 15.3. The normalized spacial score (nSPS) is 14.9. The summed E-state index contributed by atoms with van der Waals surface area (Å²) in [4.78, 5) is 19.7. The van der Waals surface area contributed by atoms with Crippen molar-refractivity contribution in [2.24, 2.45) is 4.99 Å². The number of aliphatic imine (C=N–C) groups is 1. The first-order valence-electron chi connectivity index (χ1n) is 18.5. The third kappa shape index (κ3) is 7.21. The predicted octanol–water partition coefficient (Wildman–Crippen LogP) is 10.4. The highest BCUT2D eigenvalue weighted by Gasteiger charge is 2.26. The van der Waals surface area contributed by atoms with Crippen molar-refractivity contribution in [3.8, 4) is 62.5 Å². The number of nitriles is 1. The largest absolute Gasteiger partial charge is 0.350 e. The monoisotopic (exact) mass is 721 g/mol. The van der Waals surface area contributed by atoms with Crippen LogP contribution >= 0.6 is 0 Å². The summed E-state index contributed by atoms with van der Waals surface area (Å²) in [7, 11) is 0. The second-order valence-corrected chi connectivity index (χ2v) is 13.5. The van der Waals surface area contributed by atoms with Crippen LogP contribution in [0.15, 0.2) is 193 Å². The summed E-state index contributed by atoms with van der Waals surface area (Å²) in [5, 5.41) is 17.2. The van der Waals surface area contributed by atoms with E-state index in [-0.39, 0.29) is 12.3 Å². The number of benzene rings is 7. The second-order valence-electron chi connectivity index (χ2n) is 13.5. The molecule has 0 amide bonds. The van der Waals surface area contributed by atoms with Crippen LogP contribution in [0.3, 0.4) is 0 Å². The van der Waals surface area contributed by atoms with Gasteiger partial charge in [-0.1, -0.05) is 176 Å². The quantitative estimate of drug-likeness (QED) is 0.162. The molecule has 266 valence electrons. The van der Waals surface area contributed by atoms with Gasteiger partial charge in [-0.25, -0.2) is 19.9 Å². The lowest BCUT2D eigenvalue weighted by molar-refractivity contribution is 0.409. The van der Waals surface area contributed by atoms with Crippen molar-refractivity contribution >= 4 is 5.84 Å². The van der Waals surface area contributed by atoms with Gasteiger partial charge in [0.1, 0.15) is 18.2 Å². The molecule has 2 unspecified atom stereocenters. The van der Waals surface area contributed by atoms with E-state index in [9.17, 15) is 5.26 Å². The fourth-order valence-electron chi connectivity index (χ4n) is 6.93. The Bertz CT molecular complexity index is 2610. The van der Waals surface area contributed by atoms with E-state index in [4.69, 9.17) is 19.9 Å². The Balaban J connectivity index is 0.991. The molecule has 2 atom stereocenters. The van der Waals surface area contributed by atoms with Crippen molar-refractivity contribution in [1.82, 2.24) is 25.6 Å². The summed E-state index contributed by atoms with van der Waals surface area (Å²) in [6, 6.07) is 65.6. The van der Waals surface area contributed by atoms with Crippen molar-refractivity contribution < 1.29 is 0 Å². The van der Waals surface area contributed by atoms with Crippen molar-refractivity contribution in [2.45, 2.75) is 12.3 Å². The van der Waals surface area contributed by atoms with Gasteiger partial charge in [0.25, 0.3) is 0 Å². The topological polar surface area (TPSA) is 98.9 Å². The standard InChI is InChI=1S/C49H35N7/c50-32-42-18-10-11-19-43(42)49-55-47(40-26-20-34(21-27-40)33-12-4-1-5-13-33)54-48(56-49)41-30-24-36(25-31-41)35-22-28-39(29-23-35)46-52-44(37-14-6-2-7-15-37)51-45(53-46)38-16-8-3-9-17-38/h1-31,47-48,54H,(H,55,56). The highest BCUT2D eigenvalue weighted by Crippen LogP contribution is 2.31. The average molecular weight is 722 g/mol. The first-order chi connectivity index (χ1) is 27.7. The van der Waals surface area contributed by atoms with E-state index < -0.39 is 0 Å². The Labute approximate surface area is 325 Å². The SMILES string of the molecule is N#Cc1ccccc1C1=NC(c2ccc(-c3ccccc3)cc2)NC(c2ccc(-c3ccc(-c4nc(-c5ccccc5)nc(-c5ccccc5)n4)cc3)cc2)N1. The fourth-order valence-corrected chi connectivity index (χ4v) is 6.93. The molecule has 7 heteroatoms. The third-order valence-corrected chi connectivity index (χ3v) is 9.92. The van der Waals surface area contributed by atoms with Crippen LogP contribution in [0.5, 0.6) is 0 Å². The molecule has 0 fully saturated rings. The minimum atomic E-state index is -0.333. The zero-order valence-corrected chi connectivity index (χ0v) is 30.3. The first kappa shape index (κ1) is 34.3. The molecule has 0 bridgehead atoms. The van der Waals surface area contributed by atoms with Gasteiger partial charge in [-0.3, -0.25) is 5.32 Å². The minimum absolute atomic E-state index is 0.258. The van der Waals surface area contributed by atoms with Crippen LogP contribution in [0.1, 0.15) is 34.6 Å². The lowest BCUT2D eigenvalue weighted by Crippen LogP contribution is -2.45. The molecule has 0 saturated heterocycles. The number of nitrogens with one attached hydrogen (secondary N) is 2. The van der Waals surface area contributed by atoms with Crippen molar-refractivity contribution in [3.63, 3.8) is 0 Å². The minimum Gasteiger partial charge on any atom is -0.350 e. The smallest absolute Gasteiger partial charge is 0.164 e. The molecule has 0 aliphatic carbocycles. The highest BCUT2D eigenvalue weighted by molar-refractivity contribution is 6.01. The summed E-state index contributed by atoms with van der Waals surface area (Å²) in [5.41, 5.74) is 10.7. The van der Waals surface area contributed by atoms with Crippen LogP contribution in [0.2, 0.25) is 0 Å². The Morgan fingerprint density at radius 3 is 1.32 bits per heavy atom. The van der Waals surface area contributed by atoms with Crippen LogP contribution in [-0.4, -0.2) is 20.8 Å². The van der Waals surface area contributed by atoms with Gasteiger partial charge in [0.05, 0.1) is 11.6 Å². The summed E-state index contributed by atoms with van der Waals surface area (Å²) in [6.45, 7) is 0. The van der Waals surface area contributed by atoms with Gasteiger partial charge in [-0.05, 0) is 45.5 Å². The molecule has 2 N–H and O–H groups in total. The molecule has 0 radical (unpaired) electrons. The van der Waals surface area contributed by atoms with Gasteiger partial charge in [0.15, 0.2) is 17.5 Å². The Kier molecular flexibility index (Phi) is 9.45. The lowest BCUT2D eigenvalue weighted by Gasteiger charge is -2.32. The van der Waals surface area contributed by atoms with Gasteiger partial charge >= 0.3 is 0 Å². The molecule has 7 nitrogen and oxygen atoms in total. The maximum Gasteiger partial charge on any atom is 0.164 e. The molecular formula is C49H35N7. The van der Waals surface area contributed by atoms with E-state index in [1.54, 1.807) is 0 Å². The van der Waals surface area contributed by atoms with Crippen LogP contribution in [0.25, 0.3) is 56.4 Å². The number of hydrogen-bond acceptors (Lipinski definition) is 7. The zero-order valence-electron chi connectivity index (χ0n) is 30.3. The average Bonchev–Trinajstić information content (AvgIpc) is 3.29. The van der Waals surface area contributed by atoms with Gasteiger partial charge in [0.2, 0.25) is 0 Å². The number of nitrogens with zero attached hydrogens (tertiary/aromatic N) is 5. The Hall–Kier alpha value is -7.53. The molecule has 1 aliphatic rings. The van der Waals surface area contributed by atoms with Gasteiger partial charge in [0, 0.05) is 22.3 Å². The van der Waals surface area contributed by atoms with Crippen LogP contribution < -0.4 is 10.6 Å². The first-order valence-corrected chi connectivity index (χ1v) is 18.5. The number of rotatable bonds is 8. The van der Waals surface area contributed by atoms with Crippen LogP contribution in [0, 0.1) is 11.3 Å². The summed E-state index contributed by atoms with van der Waals surface area (Å²) in [5.74, 6) is 2.56. The fraction of sp³-hybridized carbons (Fsp3) is 0.0408. The van der Waals surface area contributed by atoms with Gasteiger partial charge < -0.3 is 5.32 Å². The molecule has 56 heavy (non-hydrogen) atoms. The van der Waals surface area contributed by atoms with E-state index in [0.29, 0.717) is 28.9 Å². The Morgan fingerprint density at radius 1 is 0.411 bits per heavy atom. The molecule has 8 aromatic rings. The van der Waals surface area contributed by atoms with E-state index >= 15 is 0 Å². The molecule has 1 aliphatic heterocycles. The van der Waals surface area contributed by atoms with Crippen molar-refractivity contribution in [1.29, 1.82) is 5.26 Å². The van der Waals surface area contributed by atoms with E-state index in [0.717, 1.165) is 55.6 Å².